The molecule has 1 N–H and O–H groups in total. The van der Waals surface area contributed by atoms with Gasteiger partial charge in [-0.3, -0.25) is 4.79 Å². The van der Waals surface area contributed by atoms with Crippen LogP contribution in [-0.4, -0.2) is 17.5 Å². The highest BCUT2D eigenvalue weighted by Crippen LogP contribution is 2.30. The first kappa shape index (κ1) is 12.2. The van der Waals surface area contributed by atoms with E-state index in [1.807, 2.05) is 0 Å². The van der Waals surface area contributed by atoms with Gasteiger partial charge >= 0.3 is 6.03 Å². The molecule has 4 nitrogen and oxygen atoms in total. The quantitative estimate of drug-likeness (QED) is 0.800. The Morgan fingerprint density at radius 3 is 2.29 bits per heavy atom. The summed E-state index contributed by atoms with van der Waals surface area (Å²) in [6.07, 6.45) is 0. The minimum Gasteiger partial charge on any atom is -0.323 e. The molecule has 0 unspecified atom stereocenters. The first-order valence-corrected chi connectivity index (χ1v) is 5.70. The molecule has 0 saturated carbocycles. The zero-order valence-electron chi connectivity index (χ0n) is 9.25. The van der Waals surface area contributed by atoms with Crippen molar-refractivity contribution in [1.29, 1.82) is 0 Å². The molecule has 0 aromatic heterocycles. The van der Waals surface area contributed by atoms with Crippen LogP contribution in [0.4, 0.5) is 10.5 Å². The molecule has 1 aromatic carbocycles. The van der Waals surface area contributed by atoms with Crippen LogP contribution in [0.5, 0.6) is 0 Å². The molecular formula is C11H10Cl2N2O2. The van der Waals surface area contributed by atoms with Crippen molar-refractivity contribution in [3.8, 4) is 0 Å². The van der Waals surface area contributed by atoms with Gasteiger partial charge in [-0.05, 0) is 32.0 Å². The van der Waals surface area contributed by atoms with Crippen LogP contribution in [0.25, 0.3) is 0 Å². The Hall–Kier alpha value is -1.26. The van der Waals surface area contributed by atoms with E-state index in [9.17, 15) is 9.59 Å². The van der Waals surface area contributed by atoms with E-state index in [2.05, 4.69) is 5.32 Å². The fraction of sp³-hybridized carbons (Fsp3) is 0.273. The Morgan fingerprint density at radius 1 is 1.18 bits per heavy atom. The molecular weight excluding hydrogens is 263 g/mol. The summed E-state index contributed by atoms with van der Waals surface area (Å²) in [6, 6.07) is 4.15. The molecule has 0 aliphatic carbocycles. The Labute approximate surface area is 108 Å². The molecule has 1 aliphatic rings. The maximum atomic E-state index is 12.0. The maximum absolute atomic E-state index is 12.0. The number of carbonyl (C=O) groups excluding carboxylic acids is 2. The fourth-order valence-corrected chi connectivity index (χ4v) is 1.90. The average molecular weight is 273 g/mol. The highest BCUT2D eigenvalue weighted by molar-refractivity contribution is 6.42. The number of urea groups is 1. The maximum Gasteiger partial charge on any atom is 0.329 e. The van der Waals surface area contributed by atoms with Gasteiger partial charge in [-0.25, -0.2) is 9.69 Å². The number of benzene rings is 1. The predicted octanol–water partition coefficient (Wildman–Crippen LogP) is 2.83. The van der Waals surface area contributed by atoms with Crippen LogP contribution in [-0.2, 0) is 4.79 Å². The lowest BCUT2D eigenvalue weighted by Crippen LogP contribution is -2.40. The molecule has 1 saturated heterocycles. The van der Waals surface area contributed by atoms with Crippen LogP contribution < -0.4 is 10.2 Å². The van der Waals surface area contributed by atoms with Gasteiger partial charge in [0.15, 0.2) is 0 Å². The zero-order valence-corrected chi connectivity index (χ0v) is 10.8. The number of halogens is 2. The van der Waals surface area contributed by atoms with Crippen molar-refractivity contribution >= 4 is 40.8 Å². The molecule has 2 rings (SSSR count). The monoisotopic (exact) mass is 272 g/mol. The molecule has 3 amide bonds. The Balaban J connectivity index is 2.44. The van der Waals surface area contributed by atoms with Gasteiger partial charge in [0.2, 0.25) is 0 Å². The summed E-state index contributed by atoms with van der Waals surface area (Å²) in [5.41, 5.74) is -0.490. The molecule has 0 spiro atoms. The summed E-state index contributed by atoms with van der Waals surface area (Å²) in [5, 5.41) is 3.26. The van der Waals surface area contributed by atoms with Gasteiger partial charge in [0.25, 0.3) is 5.91 Å². The van der Waals surface area contributed by atoms with Crippen molar-refractivity contribution in [3.63, 3.8) is 0 Å². The van der Waals surface area contributed by atoms with Gasteiger partial charge in [0, 0.05) is 0 Å². The molecule has 1 aromatic rings. The van der Waals surface area contributed by atoms with E-state index in [-0.39, 0.29) is 5.91 Å². The van der Waals surface area contributed by atoms with E-state index >= 15 is 0 Å². The van der Waals surface area contributed by atoms with Gasteiger partial charge in [-0.2, -0.15) is 0 Å². The first-order chi connectivity index (χ1) is 7.83. The number of hydrogen-bond acceptors (Lipinski definition) is 2. The van der Waals surface area contributed by atoms with Gasteiger partial charge in [0.1, 0.15) is 5.54 Å². The second-order valence-electron chi connectivity index (χ2n) is 4.29. The molecule has 1 fully saturated rings. The Morgan fingerprint density at radius 2 is 1.82 bits per heavy atom. The summed E-state index contributed by atoms with van der Waals surface area (Å²) in [7, 11) is 0. The number of nitrogens with one attached hydrogen (secondary N) is 1. The third-order valence-electron chi connectivity index (χ3n) is 2.52. The molecule has 0 radical (unpaired) electrons. The number of amides is 3. The second kappa shape index (κ2) is 3.89. The molecule has 90 valence electrons. The number of rotatable bonds is 1. The predicted molar refractivity (Wildman–Crippen MR) is 66.6 cm³/mol. The van der Waals surface area contributed by atoms with E-state index in [0.29, 0.717) is 15.7 Å². The van der Waals surface area contributed by atoms with Crippen molar-refractivity contribution in [2.75, 3.05) is 4.90 Å². The van der Waals surface area contributed by atoms with Crippen molar-refractivity contribution in [2.24, 2.45) is 0 Å². The minimum atomic E-state index is -0.900. The molecule has 6 heteroatoms. The van der Waals surface area contributed by atoms with Gasteiger partial charge in [0.05, 0.1) is 15.7 Å². The minimum absolute atomic E-state index is 0.300. The number of carbonyl (C=O) groups is 2. The van der Waals surface area contributed by atoms with Gasteiger partial charge < -0.3 is 5.32 Å². The normalized spacial score (nSPS) is 18.5. The molecule has 17 heavy (non-hydrogen) atoms. The van der Waals surface area contributed by atoms with E-state index in [1.54, 1.807) is 26.0 Å². The number of nitrogens with zero attached hydrogens (tertiary/aromatic N) is 1. The summed E-state index contributed by atoms with van der Waals surface area (Å²) >= 11 is 11.6. The number of hydrogen-bond donors (Lipinski definition) is 1. The summed E-state index contributed by atoms with van der Waals surface area (Å²) < 4.78 is 0. The first-order valence-electron chi connectivity index (χ1n) is 4.95. The molecule has 0 bridgehead atoms. The van der Waals surface area contributed by atoms with Crippen LogP contribution in [0.2, 0.25) is 10.0 Å². The third kappa shape index (κ3) is 1.98. The van der Waals surface area contributed by atoms with E-state index in [4.69, 9.17) is 23.2 Å². The lowest BCUT2D eigenvalue weighted by Gasteiger charge is -2.16. The van der Waals surface area contributed by atoms with Crippen molar-refractivity contribution < 1.29 is 9.59 Å². The largest absolute Gasteiger partial charge is 0.329 e. The average Bonchev–Trinajstić information content (AvgIpc) is 2.42. The molecule has 1 heterocycles. The Bertz CT molecular complexity index is 514. The van der Waals surface area contributed by atoms with Crippen LogP contribution in [0, 0.1) is 0 Å². The van der Waals surface area contributed by atoms with Crippen molar-refractivity contribution in [2.45, 2.75) is 19.4 Å². The number of anilines is 1. The van der Waals surface area contributed by atoms with Gasteiger partial charge in [-0.1, -0.05) is 23.2 Å². The van der Waals surface area contributed by atoms with E-state index < -0.39 is 11.6 Å². The highest BCUT2D eigenvalue weighted by atomic mass is 35.5. The van der Waals surface area contributed by atoms with E-state index in [1.165, 1.54) is 6.07 Å². The smallest absolute Gasteiger partial charge is 0.323 e. The van der Waals surface area contributed by atoms with Crippen LogP contribution in [0.3, 0.4) is 0 Å². The SMILES string of the molecule is CC1(C)NC(=O)N(c2ccc(Cl)c(Cl)c2)C1=O. The highest BCUT2D eigenvalue weighted by Gasteiger charge is 2.45. The zero-order chi connectivity index (χ0) is 12.8. The second-order valence-corrected chi connectivity index (χ2v) is 5.11. The summed E-state index contributed by atoms with van der Waals surface area (Å²) in [5.74, 6) is -0.319. The number of imide groups is 1. The third-order valence-corrected chi connectivity index (χ3v) is 3.26. The van der Waals surface area contributed by atoms with Crippen LogP contribution in [0.15, 0.2) is 18.2 Å². The Kier molecular flexibility index (Phi) is 2.79. The summed E-state index contributed by atoms with van der Waals surface area (Å²) in [4.78, 5) is 24.8. The fourth-order valence-electron chi connectivity index (χ4n) is 1.61. The summed E-state index contributed by atoms with van der Waals surface area (Å²) in [6.45, 7) is 3.29. The van der Waals surface area contributed by atoms with Crippen molar-refractivity contribution in [1.82, 2.24) is 5.32 Å². The topological polar surface area (TPSA) is 49.4 Å². The lowest BCUT2D eigenvalue weighted by molar-refractivity contribution is -0.120. The van der Waals surface area contributed by atoms with Crippen LogP contribution in [0.1, 0.15) is 13.8 Å². The van der Waals surface area contributed by atoms with Crippen molar-refractivity contribution in [3.05, 3.63) is 28.2 Å². The molecule has 1 aliphatic heterocycles. The van der Waals surface area contributed by atoms with Crippen LogP contribution >= 0.6 is 23.2 Å². The lowest BCUT2D eigenvalue weighted by atomic mass is 10.1. The van der Waals surface area contributed by atoms with Gasteiger partial charge in [-0.15, -0.1) is 0 Å². The standard InChI is InChI=1S/C11H10Cl2N2O2/c1-11(2)9(16)15(10(17)14-11)6-3-4-7(12)8(13)5-6/h3-5H,1-2H3,(H,14,17). The van der Waals surface area contributed by atoms with E-state index in [0.717, 1.165) is 4.90 Å². The molecule has 0 atom stereocenters.